The molecule has 0 radical (unpaired) electrons. The minimum absolute atomic E-state index is 0.0287. The van der Waals surface area contributed by atoms with E-state index in [-0.39, 0.29) is 31.2 Å². The maximum Gasteiger partial charge on any atom is 0.257 e. The van der Waals surface area contributed by atoms with Gasteiger partial charge in [-0.1, -0.05) is 41.2 Å². The van der Waals surface area contributed by atoms with Gasteiger partial charge in [0.2, 0.25) is 10.0 Å². The van der Waals surface area contributed by atoms with E-state index in [4.69, 9.17) is 34.8 Å². The highest BCUT2D eigenvalue weighted by Gasteiger charge is 2.28. The summed E-state index contributed by atoms with van der Waals surface area (Å²) in [4.78, 5) is 12.4. The molecule has 1 heterocycles. The van der Waals surface area contributed by atoms with Crippen LogP contribution in [-0.4, -0.2) is 31.7 Å². The van der Waals surface area contributed by atoms with E-state index in [1.54, 1.807) is 0 Å². The Morgan fingerprint density at radius 1 is 0.964 bits per heavy atom. The fourth-order valence-corrected chi connectivity index (χ4v) is 5.40. The van der Waals surface area contributed by atoms with Crippen molar-refractivity contribution >= 4 is 56.4 Å². The van der Waals surface area contributed by atoms with Crippen molar-refractivity contribution in [1.29, 1.82) is 0 Å². The summed E-state index contributed by atoms with van der Waals surface area (Å²) in [6.45, 7) is 0.851. The van der Waals surface area contributed by atoms with Crippen LogP contribution in [0.4, 0.5) is 10.1 Å². The van der Waals surface area contributed by atoms with Crippen molar-refractivity contribution in [2.24, 2.45) is 0 Å². The van der Waals surface area contributed by atoms with Gasteiger partial charge in [0.25, 0.3) is 5.91 Å². The lowest BCUT2D eigenvalue weighted by atomic mass is 10.2. The standard InChI is InChI=1S/C18H16Cl3FN2O3S/c19-13-5-4-11(8-17(13)28(26,27)24-6-2-1-3-7-24)23-18(25)12-9-16(22)15(21)10-14(12)20/h4-5,8-10H,1-3,6-7H2,(H,23,25). The van der Waals surface area contributed by atoms with E-state index in [2.05, 4.69) is 5.32 Å². The van der Waals surface area contributed by atoms with Crippen molar-refractivity contribution in [1.82, 2.24) is 4.31 Å². The first-order valence-corrected chi connectivity index (χ1v) is 11.0. The Bertz CT molecular complexity index is 1020. The Morgan fingerprint density at radius 2 is 1.64 bits per heavy atom. The summed E-state index contributed by atoms with van der Waals surface area (Å²) in [7, 11) is -3.79. The third kappa shape index (κ3) is 4.44. The van der Waals surface area contributed by atoms with Crippen LogP contribution < -0.4 is 5.32 Å². The summed E-state index contributed by atoms with van der Waals surface area (Å²) >= 11 is 17.7. The fourth-order valence-electron chi connectivity index (χ4n) is 2.92. The highest BCUT2D eigenvalue weighted by atomic mass is 35.5. The smallest absolute Gasteiger partial charge is 0.257 e. The summed E-state index contributed by atoms with van der Waals surface area (Å²) < 4.78 is 40.8. The van der Waals surface area contributed by atoms with Gasteiger partial charge >= 0.3 is 0 Å². The minimum atomic E-state index is -3.79. The predicted octanol–water partition coefficient (Wildman–Crippen LogP) is 5.21. The average molecular weight is 466 g/mol. The molecular weight excluding hydrogens is 450 g/mol. The zero-order valence-corrected chi connectivity index (χ0v) is 17.6. The maximum atomic E-state index is 13.7. The number of sulfonamides is 1. The molecule has 1 aliphatic rings. The topological polar surface area (TPSA) is 66.5 Å². The number of nitrogens with one attached hydrogen (secondary N) is 1. The van der Waals surface area contributed by atoms with Crippen LogP contribution in [0.5, 0.6) is 0 Å². The first-order valence-electron chi connectivity index (χ1n) is 8.46. The molecule has 0 saturated carbocycles. The maximum absolute atomic E-state index is 13.7. The molecule has 0 atom stereocenters. The van der Waals surface area contributed by atoms with E-state index >= 15 is 0 Å². The largest absolute Gasteiger partial charge is 0.322 e. The van der Waals surface area contributed by atoms with Gasteiger partial charge in [0.1, 0.15) is 10.7 Å². The zero-order chi connectivity index (χ0) is 20.5. The highest BCUT2D eigenvalue weighted by Crippen LogP contribution is 2.30. The molecule has 3 rings (SSSR count). The second-order valence-corrected chi connectivity index (χ2v) is 9.44. The van der Waals surface area contributed by atoms with Gasteiger partial charge in [-0.3, -0.25) is 4.79 Å². The number of halogens is 4. The normalized spacial score (nSPS) is 15.4. The molecule has 0 aliphatic carbocycles. The van der Waals surface area contributed by atoms with Gasteiger partial charge in [-0.05, 0) is 43.2 Å². The van der Waals surface area contributed by atoms with Gasteiger partial charge in [-0.25, -0.2) is 12.8 Å². The van der Waals surface area contributed by atoms with Crippen LogP contribution in [0.3, 0.4) is 0 Å². The van der Waals surface area contributed by atoms with E-state index in [0.717, 1.165) is 31.4 Å². The van der Waals surface area contributed by atoms with Crippen molar-refractivity contribution in [2.75, 3.05) is 18.4 Å². The monoisotopic (exact) mass is 464 g/mol. The molecule has 2 aromatic carbocycles. The molecule has 5 nitrogen and oxygen atoms in total. The van der Waals surface area contributed by atoms with Gasteiger partial charge in [0, 0.05) is 18.8 Å². The number of rotatable bonds is 4. The molecule has 1 saturated heterocycles. The average Bonchev–Trinajstić information content (AvgIpc) is 2.66. The Hall–Kier alpha value is -1.38. The summed E-state index contributed by atoms with van der Waals surface area (Å²) in [6, 6.07) is 6.17. The first kappa shape index (κ1) is 21.3. The Kier molecular flexibility index (Phi) is 6.51. The van der Waals surface area contributed by atoms with E-state index in [0.29, 0.717) is 13.1 Å². The molecule has 0 unspecified atom stereocenters. The fraction of sp³-hybridized carbons (Fsp3) is 0.278. The lowest BCUT2D eigenvalue weighted by Crippen LogP contribution is -2.35. The predicted molar refractivity (Wildman–Crippen MR) is 108 cm³/mol. The SMILES string of the molecule is O=C(Nc1ccc(Cl)c(S(=O)(=O)N2CCCCC2)c1)c1cc(F)c(Cl)cc1Cl. The van der Waals surface area contributed by atoms with Crippen LogP contribution in [0.1, 0.15) is 29.6 Å². The van der Waals surface area contributed by atoms with Crippen LogP contribution in [0.25, 0.3) is 0 Å². The van der Waals surface area contributed by atoms with Crippen LogP contribution in [0, 0.1) is 5.82 Å². The van der Waals surface area contributed by atoms with Crippen molar-refractivity contribution in [3.05, 3.63) is 56.8 Å². The molecule has 0 spiro atoms. The summed E-state index contributed by atoms with van der Waals surface area (Å²) in [5, 5.41) is 2.33. The van der Waals surface area contributed by atoms with E-state index in [9.17, 15) is 17.6 Å². The number of benzene rings is 2. The van der Waals surface area contributed by atoms with Gasteiger partial charge in [-0.2, -0.15) is 4.31 Å². The number of carbonyl (C=O) groups is 1. The van der Waals surface area contributed by atoms with Gasteiger partial charge in [0.15, 0.2) is 0 Å². The Morgan fingerprint density at radius 3 is 2.32 bits per heavy atom. The van der Waals surface area contributed by atoms with Gasteiger partial charge in [-0.15, -0.1) is 0 Å². The molecule has 0 aromatic heterocycles. The van der Waals surface area contributed by atoms with E-state index in [1.807, 2.05) is 0 Å². The van der Waals surface area contributed by atoms with Gasteiger partial charge in [0.05, 0.1) is 20.6 Å². The van der Waals surface area contributed by atoms with Gasteiger partial charge < -0.3 is 5.32 Å². The van der Waals surface area contributed by atoms with Crippen LogP contribution in [0.15, 0.2) is 35.2 Å². The van der Waals surface area contributed by atoms with Crippen LogP contribution >= 0.6 is 34.8 Å². The molecule has 2 aromatic rings. The summed E-state index contributed by atoms with van der Waals surface area (Å²) in [5.41, 5.74) is 0.0652. The summed E-state index contributed by atoms with van der Waals surface area (Å²) in [5.74, 6) is -1.50. The van der Waals surface area contributed by atoms with Crippen molar-refractivity contribution in [3.8, 4) is 0 Å². The van der Waals surface area contributed by atoms with Crippen molar-refractivity contribution < 1.29 is 17.6 Å². The second kappa shape index (κ2) is 8.55. The lowest BCUT2D eigenvalue weighted by molar-refractivity contribution is 0.102. The molecule has 150 valence electrons. The third-order valence-electron chi connectivity index (χ3n) is 4.38. The van der Waals surface area contributed by atoms with Crippen LogP contribution in [-0.2, 0) is 10.0 Å². The quantitative estimate of drug-likeness (QED) is 0.630. The lowest BCUT2D eigenvalue weighted by Gasteiger charge is -2.26. The molecule has 0 bridgehead atoms. The Labute approximate surface area is 177 Å². The number of amides is 1. The molecule has 1 N–H and O–H groups in total. The van der Waals surface area contributed by atoms with Crippen molar-refractivity contribution in [2.45, 2.75) is 24.2 Å². The zero-order valence-electron chi connectivity index (χ0n) is 14.5. The number of nitrogens with zero attached hydrogens (tertiary/aromatic N) is 1. The summed E-state index contributed by atoms with van der Waals surface area (Å²) in [6.07, 6.45) is 2.55. The molecule has 1 fully saturated rings. The third-order valence-corrected chi connectivity index (χ3v) is 7.36. The number of hydrogen-bond acceptors (Lipinski definition) is 3. The Balaban J connectivity index is 1.89. The van der Waals surface area contributed by atoms with Crippen LogP contribution in [0.2, 0.25) is 15.1 Å². The number of carbonyl (C=O) groups excluding carboxylic acids is 1. The highest BCUT2D eigenvalue weighted by molar-refractivity contribution is 7.89. The van der Waals surface area contributed by atoms with E-state index in [1.165, 1.54) is 22.5 Å². The molecular formula is C18H16Cl3FN2O3S. The molecule has 1 amide bonds. The molecule has 28 heavy (non-hydrogen) atoms. The number of piperidine rings is 1. The number of hydrogen-bond donors (Lipinski definition) is 1. The molecule has 1 aliphatic heterocycles. The molecule has 10 heteroatoms. The first-order chi connectivity index (χ1) is 13.2. The number of anilines is 1. The second-order valence-electron chi connectivity index (χ2n) is 6.31. The van der Waals surface area contributed by atoms with E-state index < -0.39 is 21.7 Å². The minimum Gasteiger partial charge on any atom is -0.322 e. The van der Waals surface area contributed by atoms with Crippen molar-refractivity contribution in [3.63, 3.8) is 0 Å².